The molecule has 0 aliphatic rings. The zero-order chi connectivity index (χ0) is 32.2. The van der Waals surface area contributed by atoms with Crippen molar-refractivity contribution in [3.05, 3.63) is 164 Å². The van der Waals surface area contributed by atoms with Crippen LogP contribution in [-0.4, -0.2) is 0 Å². The molecule has 47 heavy (non-hydrogen) atoms. The molecule has 0 N–H and O–H groups in total. The Labute approximate surface area is 271 Å². The van der Waals surface area contributed by atoms with E-state index in [1.54, 1.807) is 72.8 Å². The van der Waals surface area contributed by atoms with Gasteiger partial charge in [0.25, 0.3) is 0 Å². The molecule has 0 amide bonds. The van der Waals surface area contributed by atoms with Gasteiger partial charge < -0.3 is 13.6 Å². The van der Waals surface area contributed by atoms with Gasteiger partial charge in [0.2, 0.25) is 0 Å². The number of azo groups is 3. The van der Waals surface area contributed by atoms with Crippen LogP contribution in [0.3, 0.4) is 0 Å². The zero-order valence-corrected chi connectivity index (χ0v) is 25.7. The van der Waals surface area contributed by atoms with Crippen LogP contribution in [0, 0.1) is 0 Å². The van der Waals surface area contributed by atoms with Crippen LogP contribution < -0.4 is 13.6 Å². The number of nitrogens with zero attached hydrogens (tertiary/aromatic N) is 6. The van der Waals surface area contributed by atoms with Crippen molar-refractivity contribution in [3.63, 3.8) is 0 Å². The standard InChI is InChI=1S/C36H27N6O4P/c43-47(44-34-25-13-10-22-31(34)40-37-28-16-4-1-5-17-28,45-35-26-14-11-23-32(35)41-38-29-18-6-2-7-19-29)46-36-27-15-12-24-33(36)42-39-30-20-8-3-9-21-30/h1-27H. The number of rotatable bonds is 12. The largest absolute Gasteiger partial charge is 0.647 e. The Morgan fingerprint density at radius 2 is 0.574 bits per heavy atom. The zero-order valence-electron chi connectivity index (χ0n) is 24.9. The lowest BCUT2D eigenvalue weighted by molar-refractivity contribution is 0.299. The van der Waals surface area contributed by atoms with Crippen LogP contribution in [0.25, 0.3) is 0 Å². The second-order valence-corrected chi connectivity index (χ2v) is 11.2. The minimum absolute atomic E-state index is 0.113. The summed E-state index contributed by atoms with van der Waals surface area (Å²) in [5.74, 6) is 0.340. The number of benzene rings is 6. The molecule has 11 heteroatoms. The van der Waals surface area contributed by atoms with E-state index in [4.69, 9.17) is 13.6 Å². The number of phosphoric acid groups is 1. The van der Waals surface area contributed by atoms with E-state index in [0.717, 1.165) is 0 Å². The highest BCUT2D eigenvalue weighted by Gasteiger charge is 2.36. The fraction of sp³-hybridized carbons (Fsp3) is 0. The molecule has 0 unspecified atom stereocenters. The molecule has 0 saturated heterocycles. The fourth-order valence-electron chi connectivity index (χ4n) is 4.09. The topological polar surface area (TPSA) is 119 Å². The van der Waals surface area contributed by atoms with Crippen LogP contribution in [0.4, 0.5) is 34.1 Å². The van der Waals surface area contributed by atoms with E-state index in [2.05, 4.69) is 30.7 Å². The van der Waals surface area contributed by atoms with E-state index in [1.165, 1.54) is 0 Å². The first-order chi connectivity index (χ1) is 23.1. The van der Waals surface area contributed by atoms with Gasteiger partial charge in [0.1, 0.15) is 17.1 Å². The Morgan fingerprint density at radius 1 is 0.319 bits per heavy atom. The highest BCUT2D eigenvalue weighted by molar-refractivity contribution is 7.49. The predicted molar refractivity (Wildman–Crippen MR) is 181 cm³/mol. The van der Waals surface area contributed by atoms with Crippen molar-refractivity contribution in [3.8, 4) is 17.2 Å². The van der Waals surface area contributed by atoms with Crippen molar-refractivity contribution in [1.29, 1.82) is 0 Å². The Bertz CT molecular complexity index is 1820. The maximum Gasteiger partial charge on any atom is 0.647 e. The van der Waals surface area contributed by atoms with E-state index in [-0.39, 0.29) is 17.2 Å². The van der Waals surface area contributed by atoms with Gasteiger partial charge in [0.15, 0.2) is 17.2 Å². The predicted octanol–water partition coefficient (Wildman–Crippen LogP) is 12.6. The Balaban J connectivity index is 1.36. The molecular weight excluding hydrogens is 611 g/mol. The summed E-state index contributed by atoms with van der Waals surface area (Å²) in [7, 11) is -4.56. The summed E-state index contributed by atoms with van der Waals surface area (Å²) < 4.78 is 33.0. The number of phosphoric ester groups is 1. The van der Waals surface area contributed by atoms with E-state index < -0.39 is 7.82 Å². The normalized spacial score (nSPS) is 12.7. The molecule has 0 heterocycles. The molecule has 0 spiro atoms. The Morgan fingerprint density at radius 3 is 0.872 bits per heavy atom. The lowest BCUT2D eigenvalue weighted by Crippen LogP contribution is -2.08. The fourth-order valence-corrected chi connectivity index (χ4v) is 5.38. The maximum atomic E-state index is 14.7. The SMILES string of the molecule is O=P(Oc1ccccc1N=Nc1ccccc1)(Oc1ccccc1N=Nc1ccccc1)Oc1ccccc1N=Nc1ccccc1. The van der Waals surface area contributed by atoms with Crippen molar-refractivity contribution in [2.75, 3.05) is 0 Å². The number of hydrogen-bond acceptors (Lipinski definition) is 10. The lowest BCUT2D eigenvalue weighted by Gasteiger charge is -2.21. The first kappa shape index (κ1) is 30.8. The summed E-state index contributed by atoms with van der Waals surface area (Å²) >= 11 is 0. The highest BCUT2D eigenvalue weighted by Crippen LogP contribution is 2.54. The molecule has 0 aromatic heterocycles. The number of para-hydroxylation sites is 3. The van der Waals surface area contributed by atoms with Crippen molar-refractivity contribution in [1.82, 2.24) is 0 Å². The third kappa shape index (κ3) is 8.69. The average molecular weight is 639 g/mol. The summed E-state index contributed by atoms with van der Waals surface area (Å²) in [5, 5.41) is 25.9. The summed E-state index contributed by atoms with van der Waals surface area (Å²) in [4.78, 5) is 0. The molecule has 6 rings (SSSR count). The van der Waals surface area contributed by atoms with E-state index >= 15 is 0 Å². The summed E-state index contributed by atoms with van der Waals surface area (Å²) in [6.07, 6.45) is 0. The third-order valence-corrected chi connectivity index (χ3v) is 7.58. The minimum atomic E-state index is -4.56. The average Bonchev–Trinajstić information content (AvgIpc) is 3.12. The van der Waals surface area contributed by atoms with Gasteiger partial charge in [-0.25, -0.2) is 0 Å². The van der Waals surface area contributed by atoms with Crippen molar-refractivity contribution < 1.29 is 18.1 Å². The molecular formula is C36H27N6O4P. The van der Waals surface area contributed by atoms with Gasteiger partial charge in [-0.05, 0) is 72.8 Å². The van der Waals surface area contributed by atoms with Crippen LogP contribution >= 0.6 is 7.82 Å². The van der Waals surface area contributed by atoms with Crippen LogP contribution in [0.1, 0.15) is 0 Å². The van der Waals surface area contributed by atoms with Crippen LogP contribution in [-0.2, 0) is 4.57 Å². The van der Waals surface area contributed by atoms with Gasteiger partial charge in [-0.3, -0.25) is 0 Å². The Kier molecular flexibility index (Phi) is 9.92. The van der Waals surface area contributed by atoms with Crippen LogP contribution in [0.2, 0.25) is 0 Å². The smallest absolute Gasteiger partial charge is 0.384 e. The molecule has 0 aliphatic carbocycles. The maximum absolute atomic E-state index is 14.7. The second kappa shape index (κ2) is 15.2. The quantitative estimate of drug-likeness (QED) is 0.0978. The highest BCUT2D eigenvalue weighted by atomic mass is 31.2. The molecule has 0 bridgehead atoms. The van der Waals surface area contributed by atoms with E-state index in [0.29, 0.717) is 34.1 Å². The van der Waals surface area contributed by atoms with Gasteiger partial charge in [0, 0.05) is 0 Å². The van der Waals surface area contributed by atoms with Crippen molar-refractivity contribution >= 4 is 41.9 Å². The Hall–Kier alpha value is -6.25. The number of hydrogen-bond donors (Lipinski definition) is 0. The van der Waals surface area contributed by atoms with E-state index in [9.17, 15) is 4.57 Å². The lowest BCUT2D eigenvalue weighted by atomic mass is 10.3. The molecule has 0 saturated carbocycles. The van der Waals surface area contributed by atoms with Gasteiger partial charge in [-0.1, -0.05) is 91.0 Å². The molecule has 0 aliphatic heterocycles. The molecule has 0 fully saturated rings. The molecule has 0 atom stereocenters. The monoisotopic (exact) mass is 638 g/mol. The first-order valence-corrected chi connectivity index (χ1v) is 16.0. The van der Waals surface area contributed by atoms with Crippen molar-refractivity contribution in [2.45, 2.75) is 0 Å². The van der Waals surface area contributed by atoms with Gasteiger partial charge in [0.05, 0.1) is 17.1 Å². The molecule has 6 aromatic rings. The molecule has 6 aromatic carbocycles. The molecule has 0 radical (unpaired) electrons. The first-order valence-electron chi connectivity index (χ1n) is 14.5. The summed E-state index contributed by atoms with van der Waals surface area (Å²) in [5.41, 5.74) is 2.81. The van der Waals surface area contributed by atoms with Gasteiger partial charge >= 0.3 is 7.82 Å². The van der Waals surface area contributed by atoms with Crippen LogP contribution in [0.5, 0.6) is 17.2 Å². The van der Waals surface area contributed by atoms with Crippen LogP contribution in [0.15, 0.2) is 194 Å². The molecule has 10 nitrogen and oxygen atoms in total. The third-order valence-electron chi connectivity index (χ3n) is 6.31. The molecule has 230 valence electrons. The van der Waals surface area contributed by atoms with E-state index in [1.807, 2.05) is 91.0 Å². The van der Waals surface area contributed by atoms with Crippen molar-refractivity contribution in [2.24, 2.45) is 30.7 Å². The summed E-state index contributed by atoms with van der Waals surface area (Å²) in [6.45, 7) is 0. The minimum Gasteiger partial charge on any atom is -0.384 e. The summed E-state index contributed by atoms with van der Waals surface area (Å²) in [6, 6.07) is 47.9. The second-order valence-electron chi connectivity index (χ2n) is 9.73. The van der Waals surface area contributed by atoms with Gasteiger partial charge in [-0.15, -0.1) is 15.3 Å². The van der Waals surface area contributed by atoms with Gasteiger partial charge in [-0.2, -0.15) is 19.9 Å².